The van der Waals surface area contributed by atoms with Gasteiger partial charge in [0, 0.05) is 47.3 Å². The van der Waals surface area contributed by atoms with E-state index in [0.717, 1.165) is 41.4 Å². The Labute approximate surface area is 200 Å². The van der Waals surface area contributed by atoms with Crippen molar-refractivity contribution in [2.75, 3.05) is 28.6 Å². The van der Waals surface area contributed by atoms with E-state index in [1.165, 1.54) is 0 Å². The number of carbonyl (C=O) groups is 1. The van der Waals surface area contributed by atoms with Crippen molar-refractivity contribution in [3.05, 3.63) is 96.3 Å². The lowest BCUT2D eigenvalue weighted by atomic mass is 10.1. The third-order valence-corrected chi connectivity index (χ3v) is 5.56. The van der Waals surface area contributed by atoms with Crippen LogP contribution in [0.25, 0.3) is 11.3 Å². The number of hydrogen-bond donors (Lipinski definition) is 2. The van der Waals surface area contributed by atoms with E-state index in [2.05, 4.69) is 39.3 Å². The maximum atomic E-state index is 12.9. The number of aryl methyl sites for hydroxylation is 1. The van der Waals surface area contributed by atoms with E-state index in [1.807, 2.05) is 85.8 Å². The zero-order chi connectivity index (χ0) is 23.9. The topological polar surface area (TPSA) is 70.2 Å². The Morgan fingerprint density at radius 3 is 2.26 bits per heavy atom. The van der Waals surface area contributed by atoms with Crippen molar-refractivity contribution in [3.63, 3.8) is 0 Å². The molecule has 6 nitrogen and oxygen atoms in total. The minimum absolute atomic E-state index is 0.164. The third-order valence-electron chi connectivity index (χ3n) is 5.56. The van der Waals surface area contributed by atoms with E-state index in [4.69, 9.17) is 0 Å². The maximum absolute atomic E-state index is 12.9. The highest BCUT2D eigenvalue weighted by Gasteiger charge is 2.10. The maximum Gasteiger partial charge on any atom is 0.255 e. The number of benzene rings is 3. The average molecular weight is 452 g/mol. The van der Waals surface area contributed by atoms with E-state index >= 15 is 0 Å². The number of aromatic nitrogens is 2. The molecular formula is C28H29N5O. The lowest BCUT2D eigenvalue weighted by Crippen LogP contribution is -2.21. The number of nitrogens with zero attached hydrogens (tertiary/aromatic N) is 3. The fourth-order valence-corrected chi connectivity index (χ4v) is 3.82. The Hall–Kier alpha value is -4.19. The number of nitrogens with one attached hydrogen (secondary N) is 2. The number of anilines is 4. The Kier molecular flexibility index (Phi) is 7.18. The Bertz CT molecular complexity index is 1250. The second kappa shape index (κ2) is 10.6. The average Bonchev–Trinajstić information content (AvgIpc) is 2.86. The van der Waals surface area contributed by atoms with Gasteiger partial charge in [0.2, 0.25) is 0 Å². The van der Waals surface area contributed by atoms with Crippen LogP contribution in [0.1, 0.15) is 30.0 Å². The third kappa shape index (κ3) is 5.59. The van der Waals surface area contributed by atoms with Crippen LogP contribution in [0.15, 0.2) is 84.9 Å². The molecule has 4 rings (SSSR count). The van der Waals surface area contributed by atoms with Crippen LogP contribution in [-0.4, -0.2) is 29.0 Å². The van der Waals surface area contributed by atoms with Gasteiger partial charge >= 0.3 is 0 Å². The summed E-state index contributed by atoms with van der Waals surface area (Å²) in [5, 5.41) is 6.29. The Balaban J connectivity index is 1.48. The lowest BCUT2D eigenvalue weighted by molar-refractivity contribution is 0.102. The number of rotatable bonds is 8. The van der Waals surface area contributed by atoms with Gasteiger partial charge in [0.05, 0.1) is 5.69 Å². The minimum atomic E-state index is -0.164. The SMILES string of the molecule is CCN(CC)c1ccc(NC(=O)c2cccc(Nc3cc(-c4ccccc4)nc(C)n3)c2)cc1. The molecule has 3 aromatic carbocycles. The van der Waals surface area contributed by atoms with Gasteiger partial charge in [-0.05, 0) is 63.2 Å². The van der Waals surface area contributed by atoms with Crippen molar-refractivity contribution in [2.45, 2.75) is 20.8 Å². The van der Waals surface area contributed by atoms with Crippen LogP contribution < -0.4 is 15.5 Å². The summed E-state index contributed by atoms with van der Waals surface area (Å²) in [5.74, 6) is 1.19. The molecule has 1 heterocycles. The van der Waals surface area contributed by atoms with Crippen molar-refractivity contribution in [1.29, 1.82) is 0 Å². The van der Waals surface area contributed by atoms with Crippen molar-refractivity contribution >= 4 is 28.8 Å². The molecule has 0 spiro atoms. The highest BCUT2D eigenvalue weighted by molar-refractivity contribution is 6.05. The molecular weight excluding hydrogens is 422 g/mol. The van der Waals surface area contributed by atoms with Gasteiger partial charge in [-0.25, -0.2) is 9.97 Å². The monoisotopic (exact) mass is 451 g/mol. The van der Waals surface area contributed by atoms with Gasteiger partial charge in [-0.15, -0.1) is 0 Å². The van der Waals surface area contributed by atoms with Gasteiger partial charge in [-0.1, -0.05) is 36.4 Å². The van der Waals surface area contributed by atoms with Crippen molar-refractivity contribution in [1.82, 2.24) is 9.97 Å². The normalized spacial score (nSPS) is 10.6. The molecule has 6 heteroatoms. The van der Waals surface area contributed by atoms with Crippen LogP contribution in [0.3, 0.4) is 0 Å². The highest BCUT2D eigenvalue weighted by Crippen LogP contribution is 2.23. The first-order valence-corrected chi connectivity index (χ1v) is 11.5. The fourth-order valence-electron chi connectivity index (χ4n) is 3.82. The van der Waals surface area contributed by atoms with Crippen LogP contribution >= 0.6 is 0 Å². The summed E-state index contributed by atoms with van der Waals surface area (Å²) in [7, 11) is 0. The summed E-state index contributed by atoms with van der Waals surface area (Å²) >= 11 is 0. The first-order chi connectivity index (χ1) is 16.6. The summed E-state index contributed by atoms with van der Waals surface area (Å²) in [6.07, 6.45) is 0. The van der Waals surface area contributed by atoms with Gasteiger partial charge in [0.1, 0.15) is 11.6 Å². The molecule has 0 bridgehead atoms. The fraction of sp³-hybridized carbons (Fsp3) is 0.179. The molecule has 0 saturated heterocycles. The Morgan fingerprint density at radius 1 is 0.824 bits per heavy atom. The molecule has 2 N–H and O–H groups in total. The van der Waals surface area contributed by atoms with E-state index < -0.39 is 0 Å². The second-order valence-corrected chi connectivity index (χ2v) is 7.93. The quantitative estimate of drug-likeness (QED) is 0.329. The molecule has 4 aromatic rings. The van der Waals surface area contributed by atoms with Crippen molar-refractivity contribution in [2.24, 2.45) is 0 Å². The van der Waals surface area contributed by atoms with Crippen molar-refractivity contribution < 1.29 is 4.79 Å². The molecule has 1 aromatic heterocycles. The summed E-state index contributed by atoms with van der Waals surface area (Å²) < 4.78 is 0. The molecule has 0 aliphatic heterocycles. The van der Waals surface area contributed by atoms with Crippen LogP contribution in [0.2, 0.25) is 0 Å². The van der Waals surface area contributed by atoms with Crippen molar-refractivity contribution in [3.8, 4) is 11.3 Å². The molecule has 0 unspecified atom stereocenters. The van der Waals surface area contributed by atoms with E-state index in [0.29, 0.717) is 17.2 Å². The molecule has 34 heavy (non-hydrogen) atoms. The Morgan fingerprint density at radius 2 is 1.56 bits per heavy atom. The van der Waals surface area contributed by atoms with E-state index in [-0.39, 0.29) is 5.91 Å². The second-order valence-electron chi connectivity index (χ2n) is 7.93. The molecule has 0 aliphatic carbocycles. The van der Waals surface area contributed by atoms with E-state index in [1.54, 1.807) is 6.07 Å². The predicted octanol–water partition coefficient (Wildman–Crippen LogP) is 6.29. The van der Waals surface area contributed by atoms with Crippen LogP contribution in [0.5, 0.6) is 0 Å². The summed E-state index contributed by atoms with van der Waals surface area (Å²) in [6.45, 7) is 8.02. The minimum Gasteiger partial charge on any atom is -0.372 e. The lowest BCUT2D eigenvalue weighted by Gasteiger charge is -2.21. The number of amides is 1. The van der Waals surface area contributed by atoms with E-state index in [9.17, 15) is 4.79 Å². The standard InChI is InChI=1S/C28H29N5O/c1-4-33(5-2)25-16-14-23(15-17-25)32-28(34)22-12-9-13-24(18-22)31-27-19-26(29-20(3)30-27)21-10-7-6-8-11-21/h6-19H,4-5H2,1-3H3,(H,32,34)(H,29,30,31). The van der Waals surface area contributed by atoms with Crippen LogP contribution in [0, 0.1) is 6.92 Å². The van der Waals surface area contributed by atoms with Crippen LogP contribution in [-0.2, 0) is 0 Å². The zero-order valence-electron chi connectivity index (χ0n) is 19.7. The van der Waals surface area contributed by atoms with Gasteiger partial charge < -0.3 is 15.5 Å². The first-order valence-electron chi connectivity index (χ1n) is 11.5. The number of hydrogen-bond acceptors (Lipinski definition) is 5. The summed E-state index contributed by atoms with van der Waals surface area (Å²) in [4.78, 5) is 24.2. The van der Waals surface area contributed by atoms with Gasteiger partial charge in [0.15, 0.2) is 0 Å². The largest absolute Gasteiger partial charge is 0.372 e. The zero-order valence-corrected chi connectivity index (χ0v) is 19.7. The molecule has 0 aliphatic rings. The first kappa shape index (κ1) is 23.0. The highest BCUT2D eigenvalue weighted by atomic mass is 16.1. The summed E-state index contributed by atoms with van der Waals surface area (Å²) in [6, 6.07) is 27.2. The molecule has 0 atom stereocenters. The summed E-state index contributed by atoms with van der Waals surface area (Å²) in [5.41, 5.74) is 5.12. The molecule has 0 fully saturated rings. The molecule has 172 valence electrons. The van der Waals surface area contributed by atoms with Gasteiger partial charge in [-0.2, -0.15) is 0 Å². The smallest absolute Gasteiger partial charge is 0.255 e. The predicted molar refractivity (Wildman–Crippen MR) is 140 cm³/mol. The number of carbonyl (C=O) groups excluding carboxylic acids is 1. The van der Waals surface area contributed by atoms with Gasteiger partial charge in [-0.3, -0.25) is 4.79 Å². The molecule has 1 amide bonds. The molecule has 0 radical (unpaired) electrons. The van der Waals surface area contributed by atoms with Crippen LogP contribution in [0.4, 0.5) is 22.9 Å². The molecule has 0 saturated carbocycles. The van der Waals surface area contributed by atoms with Gasteiger partial charge in [0.25, 0.3) is 5.91 Å².